The van der Waals surface area contributed by atoms with Gasteiger partial charge in [-0.25, -0.2) is 0 Å². The van der Waals surface area contributed by atoms with Crippen LogP contribution < -0.4 is 16.4 Å². The molecule has 15 atom stereocenters. The fourth-order valence-corrected chi connectivity index (χ4v) is 19.9. The Labute approximate surface area is 419 Å². The van der Waals surface area contributed by atoms with E-state index in [4.69, 9.17) is 10.5 Å². The molecule has 2 aromatic rings. The van der Waals surface area contributed by atoms with E-state index in [0.717, 1.165) is 125 Å². The highest BCUT2D eigenvalue weighted by Crippen LogP contribution is 2.78. The first-order valence-corrected chi connectivity index (χ1v) is 28.3. The average Bonchev–Trinajstić information content (AvgIpc) is 3.60. The zero-order valence-corrected chi connectivity index (χ0v) is 43.6. The highest BCUT2D eigenvalue weighted by Gasteiger charge is 2.75. The van der Waals surface area contributed by atoms with Gasteiger partial charge >= 0.3 is 0 Å². The van der Waals surface area contributed by atoms with Crippen molar-refractivity contribution < 1.29 is 29.6 Å². The number of carbonyl (C=O) groups is 2. The molecule has 7 aliphatic carbocycles. The molecule has 2 aliphatic heterocycles. The van der Waals surface area contributed by atoms with Crippen molar-refractivity contribution in [3.63, 3.8) is 0 Å². The van der Waals surface area contributed by atoms with Crippen LogP contribution in [-0.4, -0.2) is 69.9 Å². The minimum atomic E-state index is -0.862. The molecule has 0 amide bonds. The van der Waals surface area contributed by atoms with Crippen molar-refractivity contribution in [2.45, 2.75) is 217 Å². The molecule has 2 saturated heterocycles. The number of epoxide rings is 1. The number of Topliss-reactive ketones (excluding diaryl/α,β-unsaturated/α-hetero) is 2. The quantitative estimate of drug-likeness (QED) is 0.101. The summed E-state index contributed by atoms with van der Waals surface area (Å²) in [5.74, 6) is 2.16. The van der Waals surface area contributed by atoms with Crippen LogP contribution in [0, 0.1) is 51.2 Å². The lowest BCUT2D eigenvalue weighted by atomic mass is 9.32. The molecule has 2 heterocycles. The van der Waals surface area contributed by atoms with E-state index >= 15 is 9.59 Å². The van der Waals surface area contributed by atoms with Crippen molar-refractivity contribution in [3.8, 4) is 5.75 Å². The number of rotatable bonds is 10. The molecule has 9 aliphatic rings. The minimum Gasteiger partial charge on any atom is -0.508 e. The number of fused-ring (bicyclic) bond motifs is 1. The van der Waals surface area contributed by atoms with Gasteiger partial charge in [-0.05, 0) is 197 Å². The normalized spacial score (nSPS) is 43.8. The Bertz CT molecular complexity index is 2410. The number of aromatic hydroxyl groups is 1. The molecule has 0 radical (unpaired) electrons. The van der Waals surface area contributed by atoms with E-state index in [2.05, 4.69) is 62.6 Å². The largest absolute Gasteiger partial charge is 0.508 e. The number of aliphatic hydroxyl groups is 2. The summed E-state index contributed by atoms with van der Waals surface area (Å²) in [5.41, 5.74) is 9.19. The van der Waals surface area contributed by atoms with E-state index in [1.54, 1.807) is 0 Å². The molecule has 11 rings (SSSR count). The summed E-state index contributed by atoms with van der Waals surface area (Å²) in [6, 6.07) is 14.3. The van der Waals surface area contributed by atoms with E-state index in [1.807, 2.05) is 32.2 Å². The number of nitrogen functional groups attached to an aromatic ring is 1. The Morgan fingerprint density at radius 3 is 2.44 bits per heavy atom. The Morgan fingerprint density at radius 1 is 0.886 bits per heavy atom. The first-order chi connectivity index (χ1) is 33.3. The molecule has 5 bridgehead atoms. The number of hydrogen-bond acceptors (Lipinski definition) is 9. The molecular weight excluding hydrogens is 871 g/mol. The van der Waals surface area contributed by atoms with Crippen LogP contribution in [0.2, 0.25) is 0 Å². The summed E-state index contributed by atoms with van der Waals surface area (Å²) in [7, 11) is 1.93. The summed E-state index contributed by atoms with van der Waals surface area (Å²) < 4.78 is 6.76. The molecule has 6 saturated carbocycles. The van der Waals surface area contributed by atoms with Crippen molar-refractivity contribution >= 4 is 17.3 Å². The molecule has 9 nitrogen and oxygen atoms in total. The number of phenolic OH excluding ortho intramolecular Hbond substituents is 1. The molecule has 8 fully saturated rings. The number of hydrogen-bond donors (Lipinski definition) is 6. The van der Waals surface area contributed by atoms with E-state index in [9.17, 15) is 15.3 Å². The van der Waals surface area contributed by atoms with Crippen molar-refractivity contribution in [2.24, 2.45) is 51.2 Å². The highest BCUT2D eigenvalue weighted by atomic mass is 16.6. The van der Waals surface area contributed by atoms with Crippen molar-refractivity contribution in [1.82, 2.24) is 10.6 Å². The lowest BCUT2D eigenvalue weighted by molar-refractivity contribution is -0.206. The molecule has 0 aromatic heterocycles. The lowest BCUT2D eigenvalue weighted by Gasteiger charge is -2.72. The second kappa shape index (κ2) is 17.5. The predicted molar refractivity (Wildman–Crippen MR) is 276 cm³/mol. The maximum Gasteiger partial charge on any atom is 0.160 e. The Kier molecular flexibility index (Phi) is 12.3. The van der Waals surface area contributed by atoms with Crippen LogP contribution in [0.1, 0.15) is 192 Å². The molecule has 7 N–H and O–H groups in total. The Hall–Kier alpha value is -3.08. The van der Waals surface area contributed by atoms with Gasteiger partial charge in [0.1, 0.15) is 17.6 Å². The van der Waals surface area contributed by atoms with Gasteiger partial charge in [-0.2, -0.15) is 0 Å². The van der Waals surface area contributed by atoms with E-state index in [-0.39, 0.29) is 51.9 Å². The molecule has 70 heavy (non-hydrogen) atoms. The number of β-amino-alcohol motifs (C(OH)–C–C–N with tert-alkyl or cyclic N) is 1. The minimum absolute atomic E-state index is 0.0196. The predicted octanol–water partition coefficient (Wildman–Crippen LogP) is 10.8. The van der Waals surface area contributed by atoms with Crippen LogP contribution in [0.25, 0.3) is 0 Å². The highest BCUT2D eigenvalue weighted by molar-refractivity contribution is 6.01. The molecule has 9 heteroatoms. The van der Waals surface area contributed by atoms with Crippen LogP contribution in [-0.2, 0) is 26.3 Å². The molecular formula is C61H87N3O6. The van der Waals surface area contributed by atoms with E-state index in [1.165, 1.54) is 17.6 Å². The second-order valence-electron chi connectivity index (χ2n) is 26.6. The SMILES string of the molecule is CNCc1cc(O)cc(C23CCCC45CC(=O)C(C(CC(O)C6OC6(C)C6CCCC6c6cccc(N)c6)C6CCCCC6)=C4CCC4C(C)(C2)C2C(CC45C)NCC(C)(O)CCCCC2(C)C3=O)c1. The standard InChI is InChI=1S/C61H87N3O6/c1-55(69)23-10-11-24-56(2)52-47(64-36-55)32-58(4)50-22-21-46-51(49(67)33-61(46,58)26-14-25-60(54(56)68,35-57(50,52)3)40-27-37(34-63-6)28-42(65)30-40)44(38-15-8-7-9-16-38)31-48(66)53-59(5,70-53)45-20-13-19-43(45)39-17-12-18-41(62)29-39/h12,17-18,27-30,38,43-45,47-48,50,52-53,63-66,69H,7-11,13-16,19-26,31-36,62H2,1-6H3. The maximum absolute atomic E-state index is 16.4. The number of benzene rings is 2. The maximum atomic E-state index is 16.4. The van der Waals surface area contributed by atoms with Gasteiger partial charge in [0, 0.05) is 42.1 Å². The van der Waals surface area contributed by atoms with E-state index in [0.29, 0.717) is 68.1 Å². The third-order valence-corrected chi connectivity index (χ3v) is 22.5. The Balaban J connectivity index is 1.02. The van der Waals surface area contributed by atoms with Crippen LogP contribution in [0.3, 0.4) is 0 Å². The second-order valence-corrected chi connectivity index (χ2v) is 26.6. The zero-order valence-electron chi connectivity index (χ0n) is 43.6. The van der Waals surface area contributed by atoms with Crippen LogP contribution in [0.4, 0.5) is 5.69 Å². The fourth-order valence-electron chi connectivity index (χ4n) is 19.9. The van der Waals surface area contributed by atoms with Gasteiger partial charge in [0.25, 0.3) is 0 Å². The van der Waals surface area contributed by atoms with Gasteiger partial charge in [-0.15, -0.1) is 0 Å². The molecule has 15 unspecified atom stereocenters. The van der Waals surface area contributed by atoms with Gasteiger partial charge in [-0.3, -0.25) is 9.59 Å². The number of allylic oxidation sites excluding steroid dienone is 2. The number of carbonyl (C=O) groups excluding carboxylic acids is 2. The molecule has 1 spiro atoms. The van der Waals surface area contributed by atoms with Crippen LogP contribution >= 0.6 is 0 Å². The van der Waals surface area contributed by atoms with E-state index < -0.39 is 28.1 Å². The number of anilines is 1. The summed E-state index contributed by atoms with van der Waals surface area (Å²) >= 11 is 0. The lowest BCUT2D eigenvalue weighted by Crippen LogP contribution is -2.72. The van der Waals surface area contributed by atoms with Gasteiger partial charge in [0.05, 0.1) is 22.7 Å². The third kappa shape index (κ3) is 7.51. The third-order valence-electron chi connectivity index (χ3n) is 22.5. The van der Waals surface area contributed by atoms with Gasteiger partial charge in [-0.1, -0.05) is 89.5 Å². The number of ether oxygens (including phenoxy) is 1. The number of aliphatic hydroxyl groups excluding tert-OH is 1. The average molecular weight is 958 g/mol. The first kappa shape index (κ1) is 49.1. The summed E-state index contributed by atoms with van der Waals surface area (Å²) in [6.45, 7) is 12.7. The topological polar surface area (TPSA) is 157 Å². The first-order valence-electron chi connectivity index (χ1n) is 28.3. The molecule has 2 aromatic carbocycles. The number of phenols is 1. The fraction of sp³-hybridized carbons (Fsp3) is 0.738. The summed E-state index contributed by atoms with van der Waals surface area (Å²) in [5, 5.41) is 43.3. The van der Waals surface area contributed by atoms with Crippen LogP contribution in [0.5, 0.6) is 5.75 Å². The summed E-state index contributed by atoms with van der Waals surface area (Å²) in [6.07, 6.45) is 18.2. The smallest absolute Gasteiger partial charge is 0.160 e. The number of nitrogens with two attached hydrogens (primary N) is 1. The van der Waals surface area contributed by atoms with Crippen molar-refractivity contribution in [2.75, 3.05) is 19.3 Å². The van der Waals surface area contributed by atoms with Crippen LogP contribution in [0.15, 0.2) is 53.6 Å². The van der Waals surface area contributed by atoms with Gasteiger partial charge in [0.15, 0.2) is 5.78 Å². The van der Waals surface area contributed by atoms with Crippen molar-refractivity contribution in [3.05, 3.63) is 70.3 Å². The zero-order chi connectivity index (χ0) is 49.2. The Morgan fingerprint density at radius 2 is 1.67 bits per heavy atom. The van der Waals surface area contributed by atoms with Gasteiger partial charge < -0.3 is 36.4 Å². The monoisotopic (exact) mass is 958 g/mol. The number of nitrogens with one attached hydrogen (secondary N) is 2. The summed E-state index contributed by atoms with van der Waals surface area (Å²) in [4.78, 5) is 32.1. The number of ketones is 2. The van der Waals surface area contributed by atoms with Crippen molar-refractivity contribution in [1.29, 1.82) is 0 Å². The molecule has 382 valence electrons. The van der Waals surface area contributed by atoms with Gasteiger partial charge in [0.2, 0.25) is 0 Å².